The van der Waals surface area contributed by atoms with Crippen LogP contribution in [-0.4, -0.2) is 31.0 Å². The number of sulfone groups is 1. The van der Waals surface area contributed by atoms with Crippen LogP contribution in [0, 0.1) is 0 Å². The number of rotatable bonds is 3. The van der Waals surface area contributed by atoms with Gasteiger partial charge in [0.1, 0.15) is 0 Å². The van der Waals surface area contributed by atoms with Gasteiger partial charge in [0.25, 0.3) is 0 Å². The van der Waals surface area contributed by atoms with Crippen molar-refractivity contribution in [1.82, 2.24) is 4.57 Å². The zero-order chi connectivity index (χ0) is 10.9. The Morgan fingerprint density at radius 3 is 2.93 bits per heavy atom. The lowest BCUT2D eigenvalue weighted by Crippen LogP contribution is -2.09. The summed E-state index contributed by atoms with van der Waals surface area (Å²) in [6.07, 6.45) is 5.56. The van der Waals surface area contributed by atoms with Gasteiger partial charge in [-0.15, -0.1) is 0 Å². The molecule has 1 unspecified atom stereocenters. The molecule has 2 heterocycles. The number of nitrogens with two attached hydrogens (primary N) is 1. The average molecular weight is 228 g/mol. The Kier molecular flexibility index (Phi) is 2.84. The summed E-state index contributed by atoms with van der Waals surface area (Å²) in [5, 5.41) is 0. The quantitative estimate of drug-likeness (QED) is 0.811. The van der Waals surface area contributed by atoms with Gasteiger partial charge in [0, 0.05) is 18.4 Å². The minimum Gasteiger partial charge on any atom is -0.350 e. The molecule has 15 heavy (non-hydrogen) atoms. The summed E-state index contributed by atoms with van der Waals surface area (Å²) in [6, 6.07) is 2.14. The van der Waals surface area contributed by atoms with E-state index < -0.39 is 9.84 Å². The highest BCUT2D eigenvalue weighted by molar-refractivity contribution is 7.91. The third kappa shape index (κ3) is 2.41. The van der Waals surface area contributed by atoms with Crippen LogP contribution >= 0.6 is 0 Å². The van der Waals surface area contributed by atoms with Crippen molar-refractivity contribution in [1.29, 1.82) is 0 Å². The Morgan fingerprint density at radius 1 is 1.53 bits per heavy atom. The molecule has 0 bridgehead atoms. The third-order valence-electron chi connectivity index (χ3n) is 2.84. The lowest BCUT2D eigenvalue weighted by molar-refractivity contribution is 0.557. The van der Waals surface area contributed by atoms with Crippen LogP contribution < -0.4 is 5.73 Å². The van der Waals surface area contributed by atoms with E-state index in [1.54, 1.807) is 0 Å². The molecular weight excluding hydrogens is 212 g/mol. The second-order valence-electron chi connectivity index (χ2n) is 4.06. The molecule has 1 aromatic rings. The summed E-state index contributed by atoms with van der Waals surface area (Å²) in [5.41, 5.74) is 6.64. The highest BCUT2D eigenvalue weighted by Crippen LogP contribution is 2.24. The first-order chi connectivity index (χ1) is 7.11. The molecule has 1 fully saturated rings. The van der Waals surface area contributed by atoms with Crippen LogP contribution in [0.4, 0.5) is 0 Å². The summed E-state index contributed by atoms with van der Waals surface area (Å²) in [5.74, 6) is 0.603. The van der Waals surface area contributed by atoms with Gasteiger partial charge >= 0.3 is 0 Å². The fraction of sp³-hybridized carbons (Fsp3) is 0.600. The summed E-state index contributed by atoms with van der Waals surface area (Å²) in [6.45, 7) is 0.632. The van der Waals surface area contributed by atoms with Crippen LogP contribution in [0.15, 0.2) is 18.5 Å². The Hall–Kier alpha value is -0.810. The van der Waals surface area contributed by atoms with Crippen molar-refractivity contribution < 1.29 is 8.42 Å². The van der Waals surface area contributed by atoms with E-state index in [4.69, 9.17) is 5.73 Å². The van der Waals surface area contributed by atoms with E-state index in [2.05, 4.69) is 0 Å². The van der Waals surface area contributed by atoms with E-state index in [1.165, 1.54) is 5.56 Å². The first-order valence-corrected chi connectivity index (χ1v) is 7.00. The van der Waals surface area contributed by atoms with Gasteiger partial charge in [0.05, 0.1) is 11.5 Å². The van der Waals surface area contributed by atoms with Gasteiger partial charge in [0.15, 0.2) is 9.84 Å². The fourth-order valence-electron chi connectivity index (χ4n) is 2.01. The summed E-state index contributed by atoms with van der Waals surface area (Å²) < 4.78 is 24.6. The first-order valence-electron chi connectivity index (χ1n) is 5.17. The van der Waals surface area contributed by atoms with Crippen LogP contribution in [0.5, 0.6) is 0 Å². The predicted molar refractivity (Wildman–Crippen MR) is 59.5 cm³/mol. The van der Waals surface area contributed by atoms with E-state index in [-0.39, 0.29) is 11.8 Å². The van der Waals surface area contributed by atoms with Crippen molar-refractivity contribution in [2.45, 2.75) is 18.9 Å². The Balaban J connectivity index is 2.10. The van der Waals surface area contributed by atoms with E-state index in [1.807, 2.05) is 23.0 Å². The minimum atomic E-state index is -2.79. The molecule has 0 aliphatic carbocycles. The second-order valence-corrected chi connectivity index (χ2v) is 6.29. The van der Waals surface area contributed by atoms with Gasteiger partial charge in [0.2, 0.25) is 0 Å². The van der Waals surface area contributed by atoms with Crippen molar-refractivity contribution in [3.8, 4) is 0 Å². The molecule has 1 aromatic heterocycles. The maximum Gasteiger partial charge on any atom is 0.152 e. The molecule has 0 spiro atoms. The Morgan fingerprint density at radius 2 is 2.33 bits per heavy atom. The molecule has 1 aliphatic heterocycles. The monoisotopic (exact) mass is 228 g/mol. The minimum absolute atomic E-state index is 0.126. The maximum atomic E-state index is 11.3. The van der Waals surface area contributed by atoms with Gasteiger partial charge in [-0.2, -0.15) is 0 Å². The average Bonchev–Trinajstić information content (AvgIpc) is 2.73. The van der Waals surface area contributed by atoms with Crippen LogP contribution in [0.1, 0.15) is 18.0 Å². The molecule has 1 saturated heterocycles. The second kappa shape index (κ2) is 3.98. The zero-order valence-corrected chi connectivity index (χ0v) is 9.41. The summed E-state index contributed by atoms with van der Waals surface area (Å²) >= 11 is 0. The molecule has 5 heteroatoms. The van der Waals surface area contributed by atoms with Crippen LogP contribution in [0.25, 0.3) is 0 Å². The van der Waals surface area contributed by atoms with Crippen molar-refractivity contribution in [2.24, 2.45) is 5.73 Å². The normalized spacial score (nSPS) is 24.5. The van der Waals surface area contributed by atoms with Crippen molar-refractivity contribution in [3.05, 3.63) is 24.0 Å². The van der Waals surface area contributed by atoms with Gasteiger partial charge in [-0.25, -0.2) is 8.42 Å². The van der Waals surface area contributed by atoms with Crippen molar-refractivity contribution >= 4 is 9.84 Å². The van der Waals surface area contributed by atoms with Crippen LogP contribution in [-0.2, 0) is 16.3 Å². The smallest absolute Gasteiger partial charge is 0.152 e. The Labute approximate surface area is 90.0 Å². The molecular formula is C10H16N2O2S. The third-order valence-corrected chi connectivity index (χ3v) is 4.59. The largest absolute Gasteiger partial charge is 0.350 e. The van der Waals surface area contributed by atoms with Crippen LogP contribution in [0.2, 0.25) is 0 Å². The van der Waals surface area contributed by atoms with Gasteiger partial charge in [-0.1, -0.05) is 0 Å². The molecule has 1 atom stereocenters. The van der Waals surface area contributed by atoms with Crippen molar-refractivity contribution in [3.63, 3.8) is 0 Å². The summed E-state index contributed by atoms with van der Waals surface area (Å²) in [7, 11) is -2.79. The topological polar surface area (TPSA) is 65.1 Å². The van der Waals surface area contributed by atoms with Crippen molar-refractivity contribution in [2.75, 3.05) is 18.1 Å². The standard InChI is InChI=1S/C10H16N2O2S/c11-4-1-9-2-5-12(7-9)10-3-6-15(13,14)8-10/h2,5,7,10H,1,3-4,6,8,11H2. The zero-order valence-electron chi connectivity index (χ0n) is 8.59. The van der Waals surface area contributed by atoms with Gasteiger partial charge < -0.3 is 10.3 Å². The molecule has 1 aliphatic rings. The summed E-state index contributed by atoms with van der Waals surface area (Å²) in [4.78, 5) is 0. The molecule has 84 valence electrons. The van der Waals surface area contributed by atoms with Gasteiger partial charge in [-0.05, 0) is 31.0 Å². The molecule has 0 amide bonds. The van der Waals surface area contributed by atoms with Gasteiger partial charge in [-0.3, -0.25) is 0 Å². The highest BCUT2D eigenvalue weighted by Gasteiger charge is 2.28. The number of aromatic nitrogens is 1. The molecule has 2 rings (SSSR count). The molecule has 2 N–H and O–H groups in total. The first kappa shape index (κ1) is 10.7. The molecule has 0 aromatic carbocycles. The lowest BCUT2D eigenvalue weighted by Gasteiger charge is -2.09. The molecule has 4 nitrogen and oxygen atoms in total. The number of hydrogen-bond donors (Lipinski definition) is 1. The lowest BCUT2D eigenvalue weighted by atomic mass is 10.2. The maximum absolute atomic E-state index is 11.3. The van der Waals surface area contributed by atoms with E-state index in [0.29, 0.717) is 12.3 Å². The SMILES string of the molecule is NCCc1ccn(C2CCS(=O)(=O)C2)c1. The molecule has 0 radical (unpaired) electrons. The number of hydrogen-bond acceptors (Lipinski definition) is 3. The van der Waals surface area contributed by atoms with E-state index >= 15 is 0 Å². The fourth-order valence-corrected chi connectivity index (χ4v) is 3.73. The Bertz CT molecular complexity index is 436. The highest BCUT2D eigenvalue weighted by atomic mass is 32.2. The van der Waals surface area contributed by atoms with E-state index in [0.717, 1.165) is 12.8 Å². The number of nitrogens with zero attached hydrogens (tertiary/aromatic N) is 1. The van der Waals surface area contributed by atoms with E-state index in [9.17, 15) is 8.42 Å². The predicted octanol–water partition coefficient (Wildman–Crippen LogP) is 0.349. The van der Waals surface area contributed by atoms with Crippen LogP contribution in [0.3, 0.4) is 0 Å². The molecule has 0 saturated carbocycles.